The molecule has 0 aliphatic carbocycles. The minimum Gasteiger partial charge on any atom is -0.481 e. The molecular weight excluding hydrogens is 328 g/mol. The normalized spacial score (nSPS) is 13.1. The summed E-state index contributed by atoms with van der Waals surface area (Å²) >= 11 is 0. The fourth-order valence-electron chi connectivity index (χ4n) is 3.50. The van der Waals surface area contributed by atoms with Gasteiger partial charge >= 0.3 is 11.9 Å². The van der Waals surface area contributed by atoms with E-state index < -0.39 is 11.9 Å². The van der Waals surface area contributed by atoms with Crippen molar-refractivity contribution in [1.82, 2.24) is 0 Å². The van der Waals surface area contributed by atoms with Crippen LogP contribution in [0.15, 0.2) is 60.7 Å². The maximum atomic E-state index is 11.5. The van der Waals surface area contributed by atoms with Crippen LogP contribution in [0.5, 0.6) is 0 Å². The molecule has 0 bridgehead atoms. The summed E-state index contributed by atoms with van der Waals surface area (Å²) in [5.74, 6) is -1.57. The summed E-state index contributed by atoms with van der Waals surface area (Å²) in [7, 11) is 0. The number of carboxylic acids is 2. The van der Waals surface area contributed by atoms with Gasteiger partial charge in [-0.25, -0.2) is 0 Å². The second kappa shape index (κ2) is 10.4. The first kappa shape index (κ1) is 19.7. The van der Waals surface area contributed by atoms with E-state index in [-0.39, 0.29) is 24.7 Å². The van der Waals surface area contributed by atoms with Crippen LogP contribution in [0.3, 0.4) is 0 Å². The Kier molecular flexibility index (Phi) is 7.87. The van der Waals surface area contributed by atoms with Crippen molar-refractivity contribution in [1.29, 1.82) is 0 Å². The molecule has 0 aliphatic heterocycles. The molecule has 2 unspecified atom stereocenters. The number of carboxylic acid groups (broad SMARTS) is 2. The van der Waals surface area contributed by atoms with Crippen molar-refractivity contribution in [2.24, 2.45) is 0 Å². The van der Waals surface area contributed by atoms with Crippen LogP contribution in [0.25, 0.3) is 0 Å². The highest BCUT2D eigenvalue weighted by Crippen LogP contribution is 2.39. The van der Waals surface area contributed by atoms with E-state index in [4.69, 9.17) is 5.11 Å². The number of hydrogen-bond donors (Lipinski definition) is 2. The zero-order valence-electron chi connectivity index (χ0n) is 14.9. The lowest BCUT2D eigenvalue weighted by atomic mass is 9.77. The summed E-state index contributed by atoms with van der Waals surface area (Å²) in [5.41, 5.74) is 2.18. The molecule has 0 spiro atoms. The fraction of sp³-hybridized carbons (Fsp3) is 0.364. The smallest absolute Gasteiger partial charge is 0.303 e. The van der Waals surface area contributed by atoms with Crippen LogP contribution in [0.1, 0.15) is 61.5 Å². The van der Waals surface area contributed by atoms with E-state index >= 15 is 0 Å². The first-order valence-corrected chi connectivity index (χ1v) is 9.11. The van der Waals surface area contributed by atoms with Crippen LogP contribution in [0.4, 0.5) is 0 Å². The van der Waals surface area contributed by atoms with Gasteiger partial charge in [0.05, 0.1) is 6.42 Å². The van der Waals surface area contributed by atoms with Gasteiger partial charge in [-0.2, -0.15) is 0 Å². The van der Waals surface area contributed by atoms with Crippen molar-refractivity contribution >= 4 is 11.9 Å². The van der Waals surface area contributed by atoms with Gasteiger partial charge in [-0.1, -0.05) is 73.5 Å². The largest absolute Gasteiger partial charge is 0.481 e. The zero-order chi connectivity index (χ0) is 18.8. The molecule has 2 aromatic carbocycles. The van der Waals surface area contributed by atoms with Crippen LogP contribution < -0.4 is 0 Å². The van der Waals surface area contributed by atoms with Crippen molar-refractivity contribution < 1.29 is 19.8 Å². The van der Waals surface area contributed by atoms with E-state index in [2.05, 4.69) is 12.1 Å². The lowest BCUT2D eigenvalue weighted by Crippen LogP contribution is -2.16. The lowest BCUT2D eigenvalue weighted by Gasteiger charge is -2.27. The Labute approximate surface area is 154 Å². The van der Waals surface area contributed by atoms with Crippen molar-refractivity contribution in [2.75, 3.05) is 0 Å². The number of hydrogen-bond acceptors (Lipinski definition) is 2. The predicted octanol–water partition coefficient (Wildman–Crippen LogP) is 5.06. The topological polar surface area (TPSA) is 74.6 Å². The Bertz CT molecular complexity index is 682. The molecule has 2 atom stereocenters. The van der Waals surface area contributed by atoms with E-state index in [1.165, 1.54) is 0 Å². The molecule has 0 radical (unpaired) electrons. The molecule has 4 heteroatoms. The number of unbranched alkanes of at least 4 members (excludes halogenated alkanes) is 2. The van der Waals surface area contributed by atoms with Crippen molar-refractivity contribution in [3.63, 3.8) is 0 Å². The van der Waals surface area contributed by atoms with Crippen molar-refractivity contribution in [2.45, 2.75) is 50.4 Å². The summed E-state index contributed by atoms with van der Waals surface area (Å²) in [5, 5.41) is 18.2. The summed E-state index contributed by atoms with van der Waals surface area (Å²) in [6, 6.07) is 19.8. The van der Waals surface area contributed by atoms with Gasteiger partial charge in [0, 0.05) is 12.3 Å². The Hall–Kier alpha value is -2.62. The predicted molar refractivity (Wildman–Crippen MR) is 101 cm³/mol. The van der Waals surface area contributed by atoms with Crippen molar-refractivity contribution in [3.05, 3.63) is 71.8 Å². The molecule has 0 heterocycles. The highest BCUT2D eigenvalue weighted by atomic mass is 16.4. The number of benzene rings is 2. The molecule has 0 saturated carbocycles. The minimum atomic E-state index is -0.800. The van der Waals surface area contributed by atoms with E-state index in [1.54, 1.807) is 0 Å². The van der Waals surface area contributed by atoms with Gasteiger partial charge in [-0.15, -0.1) is 0 Å². The first-order valence-electron chi connectivity index (χ1n) is 9.11. The second-order valence-electron chi connectivity index (χ2n) is 6.63. The molecule has 0 saturated heterocycles. The van der Waals surface area contributed by atoms with Gasteiger partial charge in [0.2, 0.25) is 0 Å². The third kappa shape index (κ3) is 6.36. The molecule has 4 nitrogen and oxygen atoms in total. The quantitative estimate of drug-likeness (QED) is 0.553. The van der Waals surface area contributed by atoms with Crippen LogP contribution in [0, 0.1) is 0 Å². The third-order valence-corrected chi connectivity index (χ3v) is 4.74. The molecule has 0 fully saturated rings. The number of rotatable bonds is 11. The molecule has 0 aliphatic rings. The zero-order valence-corrected chi connectivity index (χ0v) is 14.9. The molecule has 0 aromatic heterocycles. The minimum absolute atomic E-state index is 0.0820. The van der Waals surface area contributed by atoms with Gasteiger partial charge in [-0.05, 0) is 29.9 Å². The summed E-state index contributed by atoms with van der Waals surface area (Å²) in [6.45, 7) is 0. The van der Waals surface area contributed by atoms with Gasteiger partial charge in [0.25, 0.3) is 0 Å². The lowest BCUT2D eigenvalue weighted by molar-refractivity contribution is -0.138. The van der Waals surface area contributed by atoms with Gasteiger partial charge in [-0.3, -0.25) is 9.59 Å². The molecule has 2 N–H and O–H groups in total. The SMILES string of the molecule is O=C(O)CCCCCC(c1ccccc1)C(CC(=O)O)c1ccccc1. The van der Waals surface area contributed by atoms with Crippen LogP contribution in [0.2, 0.25) is 0 Å². The van der Waals surface area contributed by atoms with Gasteiger partial charge in [0.1, 0.15) is 0 Å². The number of aliphatic carboxylic acids is 2. The maximum Gasteiger partial charge on any atom is 0.303 e. The highest BCUT2D eigenvalue weighted by Gasteiger charge is 2.26. The van der Waals surface area contributed by atoms with E-state index in [1.807, 2.05) is 48.5 Å². The molecule has 138 valence electrons. The Morgan fingerprint density at radius 2 is 1.23 bits per heavy atom. The van der Waals surface area contributed by atoms with Crippen LogP contribution in [-0.2, 0) is 9.59 Å². The highest BCUT2D eigenvalue weighted by molar-refractivity contribution is 5.68. The standard InChI is InChI=1S/C22H26O4/c23-21(24)15-9-3-8-14-19(17-10-4-1-5-11-17)20(16-22(25)26)18-12-6-2-7-13-18/h1-2,4-7,10-13,19-20H,3,8-9,14-16H2,(H,23,24)(H,25,26). The first-order chi connectivity index (χ1) is 12.6. The Balaban J connectivity index is 2.19. The summed E-state index contributed by atoms with van der Waals surface area (Å²) < 4.78 is 0. The van der Waals surface area contributed by atoms with Crippen molar-refractivity contribution in [3.8, 4) is 0 Å². The monoisotopic (exact) mass is 354 g/mol. The average molecular weight is 354 g/mol. The van der Waals surface area contributed by atoms with Crippen LogP contribution >= 0.6 is 0 Å². The summed E-state index contributed by atoms with van der Waals surface area (Å²) in [6.07, 6.45) is 3.49. The van der Waals surface area contributed by atoms with E-state index in [9.17, 15) is 14.7 Å². The molecule has 26 heavy (non-hydrogen) atoms. The van der Waals surface area contributed by atoms with E-state index in [0.29, 0.717) is 6.42 Å². The van der Waals surface area contributed by atoms with Gasteiger partial charge < -0.3 is 10.2 Å². The Morgan fingerprint density at radius 3 is 1.73 bits per heavy atom. The fourth-order valence-corrected chi connectivity index (χ4v) is 3.50. The summed E-state index contributed by atoms with van der Waals surface area (Å²) in [4.78, 5) is 22.2. The van der Waals surface area contributed by atoms with Crippen LogP contribution in [-0.4, -0.2) is 22.2 Å². The van der Waals surface area contributed by atoms with E-state index in [0.717, 1.165) is 30.4 Å². The average Bonchev–Trinajstić information content (AvgIpc) is 2.64. The second-order valence-corrected chi connectivity index (χ2v) is 6.63. The maximum absolute atomic E-state index is 11.5. The Morgan fingerprint density at radius 1 is 0.692 bits per heavy atom. The third-order valence-electron chi connectivity index (χ3n) is 4.74. The number of carbonyl (C=O) groups is 2. The van der Waals surface area contributed by atoms with Gasteiger partial charge in [0.15, 0.2) is 0 Å². The molecular formula is C22H26O4. The molecule has 0 amide bonds. The molecule has 2 rings (SSSR count). The molecule has 2 aromatic rings.